The molecule has 1 saturated heterocycles. The minimum absolute atomic E-state index is 0.0980. The lowest BCUT2D eigenvalue weighted by Gasteiger charge is -2.35. The van der Waals surface area contributed by atoms with Crippen LogP contribution in [0.3, 0.4) is 0 Å². The molecule has 1 N–H and O–H groups in total. The van der Waals surface area contributed by atoms with E-state index in [2.05, 4.69) is 15.9 Å². The Balaban J connectivity index is 1.47. The number of β-amino-alcohol motifs (C(OH)–C–C–N with tert-alkyl or cyclic N) is 1. The number of ether oxygens (including phenoxy) is 1. The maximum absolute atomic E-state index is 14.1. The summed E-state index contributed by atoms with van der Waals surface area (Å²) in [6.07, 6.45) is 0.834. The number of unbranched alkanes of at least 4 members (excludes halogenated alkanes) is 1. The first kappa shape index (κ1) is 22.5. The highest BCUT2D eigenvalue weighted by Gasteiger charge is 2.19. The third kappa shape index (κ3) is 6.96. The molecule has 1 heterocycles. The number of rotatable bonds is 9. The standard InChI is InChI=1S/C23H27ClFN3O2/c24-20-5-3-4-18(12-20)19-13-21(25)15-23(14-19)30-17-22(29)16-28-10-8-27(9-11-28)7-2-1-6-26/h3-5,12-15,22,29H,1-2,7-11,16-17H2. The molecule has 1 unspecified atom stereocenters. The fourth-order valence-corrected chi connectivity index (χ4v) is 3.79. The van der Waals surface area contributed by atoms with Crippen LogP contribution in [-0.2, 0) is 0 Å². The van der Waals surface area contributed by atoms with Crippen LogP contribution in [0.4, 0.5) is 4.39 Å². The zero-order chi connectivity index (χ0) is 21.3. The predicted octanol–water partition coefficient (Wildman–Crippen LogP) is 3.81. The second kappa shape index (κ2) is 11.3. The average molecular weight is 432 g/mol. The number of nitriles is 1. The Labute approximate surface area is 182 Å². The van der Waals surface area contributed by atoms with Gasteiger partial charge in [0.05, 0.1) is 6.07 Å². The van der Waals surface area contributed by atoms with Gasteiger partial charge in [0, 0.05) is 50.2 Å². The van der Waals surface area contributed by atoms with Gasteiger partial charge in [0.1, 0.15) is 24.3 Å². The summed E-state index contributed by atoms with van der Waals surface area (Å²) in [7, 11) is 0. The molecule has 0 aromatic heterocycles. The number of hydrogen-bond donors (Lipinski definition) is 1. The Bertz CT molecular complexity index is 866. The summed E-state index contributed by atoms with van der Waals surface area (Å²) in [6, 6.07) is 13.9. The van der Waals surface area contributed by atoms with E-state index in [-0.39, 0.29) is 6.61 Å². The van der Waals surface area contributed by atoms with E-state index in [1.807, 2.05) is 12.1 Å². The number of halogens is 2. The minimum Gasteiger partial charge on any atom is -0.491 e. The van der Waals surface area contributed by atoms with Crippen molar-refractivity contribution >= 4 is 11.6 Å². The molecule has 0 radical (unpaired) electrons. The molecule has 1 fully saturated rings. The number of piperazine rings is 1. The molecule has 5 nitrogen and oxygen atoms in total. The number of aliphatic hydroxyl groups is 1. The van der Waals surface area contributed by atoms with Crippen molar-refractivity contribution in [3.63, 3.8) is 0 Å². The number of nitrogens with zero attached hydrogens (tertiary/aromatic N) is 3. The highest BCUT2D eigenvalue weighted by Crippen LogP contribution is 2.27. The van der Waals surface area contributed by atoms with E-state index in [0.29, 0.717) is 29.3 Å². The quantitative estimate of drug-likeness (QED) is 0.612. The van der Waals surface area contributed by atoms with E-state index in [1.165, 1.54) is 12.1 Å². The molecule has 2 aromatic rings. The van der Waals surface area contributed by atoms with Gasteiger partial charge in [0.2, 0.25) is 0 Å². The van der Waals surface area contributed by atoms with Gasteiger partial charge >= 0.3 is 0 Å². The predicted molar refractivity (Wildman–Crippen MR) is 116 cm³/mol. The van der Waals surface area contributed by atoms with Gasteiger partial charge in [-0.2, -0.15) is 5.26 Å². The number of hydrogen-bond acceptors (Lipinski definition) is 5. The summed E-state index contributed by atoms with van der Waals surface area (Å²) < 4.78 is 19.7. The number of aliphatic hydroxyl groups excluding tert-OH is 1. The van der Waals surface area contributed by atoms with Crippen LogP contribution in [0.1, 0.15) is 12.8 Å². The lowest BCUT2D eigenvalue weighted by atomic mass is 10.1. The molecule has 3 rings (SSSR count). The molecule has 160 valence electrons. The summed E-state index contributed by atoms with van der Waals surface area (Å²) in [5, 5.41) is 19.6. The minimum atomic E-state index is -0.659. The van der Waals surface area contributed by atoms with E-state index in [0.717, 1.165) is 44.7 Å². The highest BCUT2D eigenvalue weighted by molar-refractivity contribution is 6.30. The molecule has 0 amide bonds. The molecule has 0 bridgehead atoms. The zero-order valence-corrected chi connectivity index (χ0v) is 17.7. The van der Waals surface area contributed by atoms with Crippen LogP contribution >= 0.6 is 11.6 Å². The molecule has 30 heavy (non-hydrogen) atoms. The smallest absolute Gasteiger partial charge is 0.127 e. The van der Waals surface area contributed by atoms with Gasteiger partial charge in [0.15, 0.2) is 0 Å². The van der Waals surface area contributed by atoms with Crippen molar-refractivity contribution in [1.29, 1.82) is 5.26 Å². The normalized spacial score (nSPS) is 16.2. The highest BCUT2D eigenvalue weighted by atomic mass is 35.5. The molecule has 7 heteroatoms. The van der Waals surface area contributed by atoms with Crippen molar-refractivity contribution < 1.29 is 14.2 Å². The Morgan fingerprint density at radius 3 is 2.60 bits per heavy atom. The second-order valence-corrected chi connectivity index (χ2v) is 7.99. The zero-order valence-electron chi connectivity index (χ0n) is 16.9. The molecule has 0 spiro atoms. The van der Waals surface area contributed by atoms with E-state index in [9.17, 15) is 9.50 Å². The molecule has 1 aliphatic heterocycles. The Morgan fingerprint density at radius 1 is 1.10 bits per heavy atom. The van der Waals surface area contributed by atoms with Crippen molar-refractivity contribution in [3.05, 3.63) is 53.3 Å². The van der Waals surface area contributed by atoms with Gasteiger partial charge in [-0.15, -0.1) is 0 Å². The largest absolute Gasteiger partial charge is 0.491 e. The maximum Gasteiger partial charge on any atom is 0.127 e. The van der Waals surface area contributed by atoms with Crippen molar-refractivity contribution in [2.24, 2.45) is 0 Å². The van der Waals surface area contributed by atoms with Crippen LogP contribution in [0, 0.1) is 17.1 Å². The van der Waals surface area contributed by atoms with Crippen LogP contribution in [-0.4, -0.2) is 66.9 Å². The fraction of sp³-hybridized carbons (Fsp3) is 0.435. The summed E-state index contributed by atoms with van der Waals surface area (Å²) in [6.45, 7) is 5.19. The van der Waals surface area contributed by atoms with Crippen molar-refractivity contribution in [2.75, 3.05) is 45.9 Å². The van der Waals surface area contributed by atoms with Gasteiger partial charge in [-0.25, -0.2) is 4.39 Å². The lowest BCUT2D eigenvalue weighted by Crippen LogP contribution is -2.49. The van der Waals surface area contributed by atoms with Crippen molar-refractivity contribution in [1.82, 2.24) is 9.80 Å². The van der Waals surface area contributed by atoms with Gasteiger partial charge < -0.3 is 14.7 Å². The first-order valence-electron chi connectivity index (χ1n) is 10.2. The molecule has 0 saturated carbocycles. The lowest BCUT2D eigenvalue weighted by molar-refractivity contribution is 0.0459. The Hall–Kier alpha value is -2.17. The van der Waals surface area contributed by atoms with E-state index in [4.69, 9.17) is 21.6 Å². The average Bonchev–Trinajstić information content (AvgIpc) is 2.73. The molecular formula is C23H27ClFN3O2. The third-order valence-electron chi connectivity index (χ3n) is 5.17. The fourth-order valence-electron chi connectivity index (χ4n) is 3.60. The van der Waals surface area contributed by atoms with Crippen molar-refractivity contribution in [3.8, 4) is 22.9 Å². The van der Waals surface area contributed by atoms with Gasteiger partial charge in [-0.1, -0.05) is 23.7 Å². The van der Waals surface area contributed by atoms with Crippen LogP contribution < -0.4 is 4.74 Å². The maximum atomic E-state index is 14.1. The molecule has 2 aromatic carbocycles. The van der Waals surface area contributed by atoms with Gasteiger partial charge in [-0.3, -0.25) is 4.90 Å². The monoisotopic (exact) mass is 431 g/mol. The van der Waals surface area contributed by atoms with Crippen LogP contribution in [0.25, 0.3) is 11.1 Å². The molecular weight excluding hydrogens is 405 g/mol. The van der Waals surface area contributed by atoms with Gasteiger partial charge in [0.25, 0.3) is 0 Å². The van der Waals surface area contributed by atoms with E-state index in [1.54, 1.807) is 18.2 Å². The molecule has 0 aliphatic carbocycles. The third-order valence-corrected chi connectivity index (χ3v) is 5.40. The second-order valence-electron chi connectivity index (χ2n) is 7.55. The topological polar surface area (TPSA) is 59.7 Å². The SMILES string of the molecule is N#CCCCN1CCN(CC(O)COc2cc(F)cc(-c3cccc(Cl)c3)c2)CC1. The first-order valence-corrected chi connectivity index (χ1v) is 10.6. The summed E-state index contributed by atoms with van der Waals surface area (Å²) in [5.41, 5.74) is 1.48. The van der Waals surface area contributed by atoms with Crippen LogP contribution in [0.2, 0.25) is 5.02 Å². The summed E-state index contributed by atoms with van der Waals surface area (Å²) >= 11 is 6.03. The van der Waals surface area contributed by atoms with Crippen molar-refractivity contribution in [2.45, 2.75) is 18.9 Å². The Morgan fingerprint density at radius 2 is 1.87 bits per heavy atom. The summed E-state index contributed by atoms with van der Waals surface area (Å²) in [4.78, 5) is 4.55. The molecule has 1 atom stereocenters. The van der Waals surface area contributed by atoms with E-state index < -0.39 is 11.9 Å². The number of benzene rings is 2. The van der Waals surface area contributed by atoms with Crippen LogP contribution in [0.5, 0.6) is 5.75 Å². The Kier molecular flexibility index (Phi) is 8.47. The summed E-state index contributed by atoms with van der Waals surface area (Å²) in [5.74, 6) is -0.0178. The van der Waals surface area contributed by atoms with E-state index >= 15 is 0 Å². The first-order chi connectivity index (χ1) is 14.5. The van der Waals surface area contributed by atoms with Gasteiger partial charge in [-0.05, 0) is 48.4 Å². The van der Waals surface area contributed by atoms with Crippen LogP contribution in [0.15, 0.2) is 42.5 Å². The molecule has 1 aliphatic rings.